The third kappa shape index (κ3) is 3.98. The van der Waals surface area contributed by atoms with E-state index in [-0.39, 0.29) is 0 Å². The van der Waals surface area contributed by atoms with Gasteiger partial charge in [-0.3, -0.25) is 19.3 Å². The summed E-state index contributed by atoms with van der Waals surface area (Å²) in [6.07, 6.45) is -0.771. The molecule has 12 heteroatoms. The number of alkyl halides is 3. The lowest BCUT2D eigenvalue weighted by atomic mass is 9.88. The molecular weight excluding hydrogens is 522 g/mol. The molecule has 6 nitrogen and oxygen atoms in total. The number of hydrogen-bond acceptors (Lipinski definition) is 5. The molecule has 0 fully saturated rings. The van der Waals surface area contributed by atoms with Crippen LogP contribution in [0.5, 0.6) is 5.75 Å². The van der Waals surface area contributed by atoms with Gasteiger partial charge in [0.1, 0.15) is 18.5 Å². The molecule has 5 rings (SSSR count). The predicted molar refractivity (Wildman–Crippen MR) is 127 cm³/mol. The predicted octanol–water partition coefficient (Wildman–Crippen LogP) is 5.06. The highest BCUT2D eigenvalue weighted by molar-refractivity contribution is 7.99. The maximum Gasteiger partial charge on any atom is 0.408 e. The quantitative estimate of drug-likeness (QED) is 0.539. The van der Waals surface area contributed by atoms with Crippen LogP contribution in [0.4, 0.5) is 17.6 Å². The molecule has 0 spiro atoms. The van der Waals surface area contributed by atoms with Crippen molar-refractivity contribution < 1.29 is 27.5 Å². The Morgan fingerprint density at radius 1 is 1.19 bits per heavy atom. The molecule has 3 heterocycles. The molecule has 0 saturated heterocycles. The summed E-state index contributed by atoms with van der Waals surface area (Å²) in [6, 6.07) is 2.56. The van der Waals surface area contributed by atoms with E-state index in [1.807, 2.05) is 0 Å². The van der Waals surface area contributed by atoms with Crippen molar-refractivity contribution in [1.29, 1.82) is 0 Å². The summed E-state index contributed by atoms with van der Waals surface area (Å²) in [6.45, 7) is 0.322. The molecule has 190 valence electrons. The van der Waals surface area contributed by atoms with E-state index in [4.69, 9.17) is 11.6 Å². The minimum absolute atomic E-state index is 0.334. The topological polar surface area (TPSA) is 65.8 Å². The fraction of sp³-hybridized carbons (Fsp3) is 0.333. The Bertz CT molecular complexity index is 1390. The number of halogens is 5. The zero-order valence-corrected chi connectivity index (χ0v) is 20.4. The molecule has 1 N–H and O–H groups in total. The molecule has 2 aliphatic heterocycles. The van der Waals surface area contributed by atoms with Crippen LogP contribution < -0.4 is 10.4 Å². The molecule has 0 radical (unpaired) electrons. The summed E-state index contributed by atoms with van der Waals surface area (Å²) in [7, 11) is 0. The van der Waals surface area contributed by atoms with Crippen molar-refractivity contribution >= 4 is 29.3 Å². The van der Waals surface area contributed by atoms with Gasteiger partial charge in [-0.2, -0.15) is 13.2 Å². The average molecular weight is 542 g/mol. The molecule has 0 saturated carbocycles. The van der Waals surface area contributed by atoms with Gasteiger partial charge in [-0.1, -0.05) is 23.7 Å². The van der Waals surface area contributed by atoms with Crippen LogP contribution in [-0.2, 0) is 0 Å². The number of carbonyl (C=O) groups excluding carboxylic acids is 1. The number of pyridine rings is 1. The first-order valence-electron chi connectivity index (χ1n) is 11.1. The Hall–Kier alpha value is -2.92. The maximum atomic E-state index is 15.0. The lowest BCUT2D eigenvalue weighted by Gasteiger charge is -2.46. The van der Waals surface area contributed by atoms with E-state index in [1.54, 1.807) is 12.1 Å². The van der Waals surface area contributed by atoms with Gasteiger partial charge in [-0.25, -0.2) is 4.39 Å². The van der Waals surface area contributed by atoms with E-state index in [9.17, 15) is 32.3 Å². The van der Waals surface area contributed by atoms with Crippen LogP contribution in [0.3, 0.4) is 0 Å². The maximum absolute atomic E-state index is 15.0. The summed E-state index contributed by atoms with van der Waals surface area (Å²) in [5, 5.41) is 12.6. The Morgan fingerprint density at radius 3 is 2.67 bits per heavy atom. The summed E-state index contributed by atoms with van der Waals surface area (Å²) < 4.78 is 57.5. The monoisotopic (exact) mass is 541 g/mol. The molecule has 1 aliphatic carbocycles. The van der Waals surface area contributed by atoms with Crippen molar-refractivity contribution in [2.45, 2.75) is 42.9 Å². The fourth-order valence-corrected chi connectivity index (χ4v) is 6.17. The number of thioether (sulfide) groups is 1. The number of carbonyl (C=O) groups is 1. The number of hydrogen-bond donors (Lipinski definition) is 1. The average Bonchev–Trinajstić information content (AvgIpc) is 2.98. The third-order valence-corrected chi connectivity index (χ3v) is 8.17. The van der Waals surface area contributed by atoms with Crippen molar-refractivity contribution in [3.8, 4) is 5.75 Å². The van der Waals surface area contributed by atoms with Crippen molar-refractivity contribution in [2.24, 2.45) is 0 Å². The fourth-order valence-electron chi connectivity index (χ4n) is 4.82. The zero-order chi connectivity index (χ0) is 25.9. The Labute approximate surface area is 212 Å². The summed E-state index contributed by atoms with van der Waals surface area (Å²) >= 11 is 7.56. The molecule has 0 bridgehead atoms. The zero-order valence-electron chi connectivity index (χ0n) is 18.9. The lowest BCUT2D eigenvalue weighted by Crippen LogP contribution is -2.60. The number of aromatic hydroxyl groups is 1. The van der Waals surface area contributed by atoms with Gasteiger partial charge < -0.3 is 10.0 Å². The molecule has 2 aromatic rings. The highest BCUT2D eigenvalue weighted by Crippen LogP contribution is 2.47. The number of aromatic nitrogens is 1. The molecule has 0 unspecified atom stereocenters. The molecule has 1 aromatic carbocycles. The van der Waals surface area contributed by atoms with Crippen LogP contribution in [0.1, 0.15) is 41.9 Å². The minimum atomic E-state index is -4.76. The van der Waals surface area contributed by atoms with E-state index in [0.29, 0.717) is 39.0 Å². The lowest BCUT2D eigenvalue weighted by molar-refractivity contribution is -0.173. The Balaban J connectivity index is 1.78. The molecular formula is C24H20ClF4N3O3S. The first-order chi connectivity index (χ1) is 17.0. The van der Waals surface area contributed by atoms with Crippen LogP contribution in [0.25, 0.3) is 0 Å². The van der Waals surface area contributed by atoms with Crippen LogP contribution >= 0.6 is 23.4 Å². The number of amides is 1. The van der Waals surface area contributed by atoms with Crippen molar-refractivity contribution in [1.82, 2.24) is 9.58 Å². The second kappa shape index (κ2) is 8.88. The minimum Gasteiger partial charge on any atom is -0.502 e. The standard InChI is InChI=1S/C24H20ClF4N3O3S/c1-12(24(27,28)29)30-11-32(31-8-7-18(33)21(34)20(31)23(30)35)19-15-6-5-14(25)9-13(15)10-36-22-16(19)3-2-4-17(22)26/h2-4,7-9,12,19,34H,5-6,10-11H2,1H3/t12-,19-/m1/s1. The van der Waals surface area contributed by atoms with E-state index in [1.165, 1.54) is 39.8 Å². The number of allylic oxidation sites excluding steroid dienone is 2. The third-order valence-electron chi connectivity index (χ3n) is 6.70. The molecule has 2 atom stereocenters. The highest BCUT2D eigenvalue weighted by atomic mass is 35.5. The summed E-state index contributed by atoms with van der Waals surface area (Å²) in [5.41, 5.74) is 0.664. The second-order valence-corrected chi connectivity index (χ2v) is 10.3. The van der Waals surface area contributed by atoms with Crippen molar-refractivity contribution in [2.75, 3.05) is 17.4 Å². The Kier molecular flexibility index (Phi) is 6.11. The number of rotatable bonds is 2. The normalized spacial score (nSPS) is 20.9. The first-order valence-corrected chi connectivity index (χ1v) is 12.4. The number of benzene rings is 1. The van der Waals surface area contributed by atoms with Crippen LogP contribution in [0, 0.1) is 5.82 Å². The van der Waals surface area contributed by atoms with Gasteiger partial charge in [-0.05, 0) is 48.6 Å². The van der Waals surface area contributed by atoms with Gasteiger partial charge in [0, 0.05) is 27.9 Å². The number of fused-ring (bicyclic) bond motifs is 2. The van der Waals surface area contributed by atoms with E-state index in [0.717, 1.165) is 24.1 Å². The van der Waals surface area contributed by atoms with Crippen molar-refractivity contribution in [3.63, 3.8) is 0 Å². The van der Waals surface area contributed by atoms with E-state index in [2.05, 4.69) is 0 Å². The summed E-state index contributed by atoms with van der Waals surface area (Å²) in [4.78, 5) is 26.3. The van der Waals surface area contributed by atoms with Crippen molar-refractivity contribution in [3.05, 3.63) is 80.0 Å². The van der Waals surface area contributed by atoms with Crippen LogP contribution in [0.15, 0.2) is 62.4 Å². The van der Waals surface area contributed by atoms with Gasteiger partial charge in [0.25, 0.3) is 5.91 Å². The van der Waals surface area contributed by atoms with E-state index >= 15 is 0 Å². The van der Waals surface area contributed by atoms with Gasteiger partial charge in [-0.15, -0.1) is 11.8 Å². The van der Waals surface area contributed by atoms with Gasteiger partial charge in [0.15, 0.2) is 11.4 Å². The molecule has 1 amide bonds. The second-order valence-electron chi connectivity index (χ2n) is 8.79. The summed E-state index contributed by atoms with van der Waals surface area (Å²) in [5.74, 6) is -2.16. The Morgan fingerprint density at radius 2 is 1.94 bits per heavy atom. The molecule has 1 aromatic heterocycles. The van der Waals surface area contributed by atoms with Gasteiger partial charge in [0.05, 0.1) is 6.04 Å². The smallest absolute Gasteiger partial charge is 0.408 e. The van der Waals surface area contributed by atoms with E-state index < -0.39 is 53.5 Å². The highest BCUT2D eigenvalue weighted by Gasteiger charge is 2.48. The first kappa shape index (κ1) is 24.8. The largest absolute Gasteiger partial charge is 0.502 e. The van der Waals surface area contributed by atoms with Gasteiger partial charge in [0.2, 0.25) is 5.43 Å². The van der Waals surface area contributed by atoms with Gasteiger partial charge >= 0.3 is 6.18 Å². The SMILES string of the molecule is C[C@@H](N1CN([C@@H]2C3=C(C=C(Cl)CC3)CSc3c(F)cccc32)n2ccc(=O)c(O)c2C1=O)C(F)(F)F. The molecule has 3 aliphatic rings. The number of nitrogens with zero attached hydrogens (tertiary/aromatic N) is 3. The van der Waals surface area contributed by atoms with Crippen LogP contribution in [0.2, 0.25) is 0 Å². The molecule has 36 heavy (non-hydrogen) atoms. The van der Waals surface area contributed by atoms with Crippen LogP contribution in [-0.4, -0.2) is 45.2 Å².